The van der Waals surface area contributed by atoms with E-state index in [2.05, 4.69) is 4.74 Å². The summed E-state index contributed by atoms with van der Waals surface area (Å²) in [4.78, 5) is 37.4. The van der Waals surface area contributed by atoms with Crippen molar-refractivity contribution in [3.63, 3.8) is 0 Å². The van der Waals surface area contributed by atoms with E-state index in [1.807, 2.05) is 0 Å². The molecule has 7 nitrogen and oxygen atoms in total. The van der Waals surface area contributed by atoms with E-state index >= 15 is 0 Å². The lowest BCUT2D eigenvalue weighted by atomic mass is 10.7. The monoisotopic (exact) mass is 330 g/mol. The maximum atomic E-state index is 10.6. The molecule has 0 aromatic rings. The molecule has 0 unspecified atom stereocenters. The van der Waals surface area contributed by atoms with Gasteiger partial charge in [-0.05, 0) is 0 Å². The molecule has 13 heteroatoms. The van der Waals surface area contributed by atoms with Gasteiger partial charge < -0.3 is 14.9 Å². The van der Waals surface area contributed by atoms with Crippen LogP contribution in [0.5, 0.6) is 0 Å². The van der Waals surface area contributed by atoms with Crippen LogP contribution in [0, 0.1) is 0 Å². The van der Waals surface area contributed by atoms with Crippen molar-refractivity contribution in [2.24, 2.45) is 0 Å². The van der Waals surface area contributed by atoms with Gasteiger partial charge >= 0.3 is 36.2 Å². The molecule has 0 bridgehead atoms. The number of carbonyl (C=O) groups excluding carboxylic acids is 2. The summed E-state index contributed by atoms with van der Waals surface area (Å²) in [7, 11) is 0. The van der Waals surface area contributed by atoms with Gasteiger partial charge in [-0.3, -0.25) is 9.59 Å². The van der Waals surface area contributed by atoms with Gasteiger partial charge in [-0.25, -0.2) is 9.59 Å². The Morgan fingerprint density at radius 2 is 0.857 bits per heavy atom. The van der Waals surface area contributed by atoms with E-state index in [0.717, 1.165) is 0 Å². The molecule has 0 spiro atoms. The Hall–Kier alpha value is -2.34. The molecular weight excluding hydrogens is 322 g/mol. The first-order valence-electron chi connectivity index (χ1n) is 4.31. The molecule has 0 aromatic heterocycles. The number of carboxylic acids is 2. The van der Waals surface area contributed by atoms with Crippen molar-refractivity contribution in [3.05, 3.63) is 0 Å². The highest BCUT2D eigenvalue weighted by molar-refractivity contribution is 5.82. The number of halogens is 6. The van der Waals surface area contributed by atoms with Crippen LogP contribution in [0.4, 0.5) is 26.3 Å². The van der Waals surface area contributed by atoms with Crippen LogP contribution in [0.2, 0.25) is 0 Å². The van der Waals surface area contributed by atoms with E-state index in [4.69, 9.17) is 19.8 Å². The topological polar surface area (TPSA) is 118 Å². The molecule has 0 atom stereocenters. The average Bonchev–Trinajstić information content (AvgIpc) is 2.13. The predicted molar refractivity (Wildman–Crippen MR) is 49.8 cm³/mol. The molecule has 0 heterocycles. The summed E-state index contributed by atoms with van der Waals surface area (Å²) < 4.78 is 67.4. The fourth-order valence-electron chi connectivity index (χ4n) is 0.202. The zero-order chi connectivity index (χ0) is 18.0. The van der Waals surface area contributed by atoms with Crippen molar-refractivity contribution in [3.8, 4) is 0 Å². The highest BCUT2D eigenvalue weighted by Gasteiger charge is 2.38. The van der Waals surface area contributed by atoms with E-state index in [9.17, 15) is 35.9 Å². The average molecular weight is 330 g/mol. The Bertz CT molecular complexity index is 348. The van der Waals surface area contributed by atoms with Crippen molar-refractivity contribution in [2.45, 2.75) is 26.2 Å². The quantitative estimate of drug-likeness (QED) is 0.391. The highest BCUT2D eigenvalue weighted by Crippen LogP contribution is 2.13. The Balaban J connectivity index is -0.000000231. The van der Waals surface area contributed by atoms with Gasteiger partial charge in [-0.1, -0.05) is 0 Å². The van der Waals surface area contributed by atoms with Crippen LogP contribution in [0.15, 0.2) is 0 Å². The number of ether oxygens (including phenoxy) is 1. The minimum absolute atomic E-state index is 0.562. The summed E-state index contributed by atoms with van der Waals surface area (Å²) >= 11 is 0. The third-order valence-electron chi connectivity index (χ3n) is 0.772. The van der Waals surface area contributed by atoms with Gasteiger partial charge in [-0.2, -0.15) is 26.3 Å². The highest BCUT2D eigenvalue weighted by atomic mass is 19.4. The van der Waals surface area contributed by atoms with E-state index in [1.54, 1.807) is 0 Å². The molecule has 0 fully saturated rings. The number of carboxylic acid groups (broad SMARTS) is 2. The van der Waals surface area contributed by atoms with E-state index < -0.39 is 36.2 Å². The molecule has 0 saturated heterocycles. The van der Waals surface area contributed by atoms with Gasteiger partial charge in [0.1, 0.15) is 0 Å². The fourth-order valence-corrected chi connectivity index (χ4v) is 0.202. The van der Waals surface area contributed by atoms with Crippen LogP contribution in [0.25, 0.3) is 0 Å². The van der Waals surface area contributed by atoms with Crippen molar-refractivity contribution in [1.29, 1.82) is 0 Å². The maximum absolute atomic E-state index is 10.6. The lowest BCUT2D eigenvalue weighted by Crippen LogP contribution is -2.21. The summed E-state index contributed by atoms with van der Waals surface area (Å²) in [5.74, 6) is -6.64. The van der Waals surface area contributed by atoms with Crippen LogP contribution >= 0.6 is 0 Å². The normalized spacial score (nSPS) is 10.1. The number of esters is 2. The minimum Gasteiger partial charge on any atom is -0.475 e. The summed E-state index contributed by atoms with van der Waals surface area (Å²) in [6.45, 7) is 2.36. The molecule has 0 aliphatic carbocycles. The summed E-state index contributed by atoms with van der Waals surface area (Å²) in [5.41, 5.74) is 0. The van der Waals surface area contributed by atoms with E-state index in [1.165, 1.54) is 13.8 Å². The molecule has 0 aliphatic heterocycles. The zero-order valence-corrected chi connectivity index (χ0v) is 10.2. The van der Waals surface area contributed by atoms with Crippen molar-refractivity contribution in [1.82, 2.24) is 0 Å². The van der Waals surface area contributed by atoms with Crippen LogP contribution < -0.4 is 0 Å². The Kier molecular flexibility index (Phi) is 10.8. The smallest absolute Gasteiger partial charge is 0.475 e. The number of carbonyl (C=O) groups is 4. The van der Waals surface area contributed by atoms with Crippen LogP contribution in [-0.4, -0.2) is 46.4 Å². The predicted octanol–water partition coefficient (Wildman–Crippen LogP) is 1.36. The maximum Gasteiger partial charge on any atom is 0.490 e. The molecular formula is C8H8F6O7. The molecule has 0 amide bonds. The zero-order valence-electron chi connectivity index (χ0n) is 10.2. The lowest BCUT2D eigenvalue weighted by Gasteiger charge is -1.93. The lowest BCUT2D eigenvalue weighted by molar-refractivity contribution is -0.193. The molecule has 0 aliphatic rings. The van der Waals surface area contributed by atoms with E-state index in [0.29, 0.717) is 0 Å². The molecule has 0 rings (SSSR count). The van der Waals surface area contributed by atoms with Crippen molar-refractivity contribution >= 4 is 23.9 Å². The van der Waals surface area contributed by atoms with Gasteiger partial charge in [-0.15, -0.1) is 0 Å². The number of hydrogen-bond acceptors (Lipinski definition) is 5. The van der Waals surface area contributed by atoms with Crippen LogP contribution in [-0.2, 0) is 23.9 Å². The number of aliphatic carboxylic acids is 2. The summed E-state index contributed by atoms with van der Waals surface area (Å²) in [5, 5.41) is 14.2. The Morgan fingerprint density at radius 3 is 0.857 bits per heavy atom. The molecule has 0 aromatic carbocycles. The largest absolute Gasteiger partial charge is 0.490 e. The van der Waals surface area contributed by atoms with Crippen molar-refractivity contribution in [2.75, 3.05) is 0 Å². The van der Waals surface area contributed by atoms with Gasteiger partial charge in [0.15, 0.2) is 0 Å². The number of hydrogen-bond donors (Lipinski definition) is 2. The molecule has 0 saturated carbocycles. The van der Waals surface area contributed by atoms with Gasteiger partial charge in [0.25, 0.3) is 0 Å². The third kappa shape index (κ3) is 23.2. The molecule has 124 valence electrons. The van der Waals surface area contributed by atoms with Crippen LogP contribution in [0.3, 0.4) is 0 Å². The van der Waals surface area contributed by atoms with Gasteiger partial charge in [0.2, 0.25) is 0 Å². The SMILES string of the molecule is CC(=O)OC(C)=O.O=C(O)C(F)(F)F.O=C(O)C(F)(F)F. The second-order valence-electron chi connectivity index (χ2n) is 2.69. The standard InChI is InChI=1S/C4H6O3.2C2HF3O2/c1-3(5)7-4(2)6;2*3-2(4,5)1(6)7/h1-2H3;2*(H,6,7). The number of alkyl halides is 6. The molecule has 21 heavy (non-hydrogen) atoms. The number of rotatable bonds is 0. The van der Waals surface area contributed by atoms with Gasteiger partial charge in [0, 0.05) is 13.8 Å². The second-order valence-corrected chi connectivity index (χ2v) is 2.69. The Morgan fingerprint density at radius 1 is 0.714 bits per heavy atom. The summed E-state index contributed by atoms with van der Waals surface area (Å²) in [6.07, 6.45) is -10.2. The van der Waals surface area contributed by atoms with Crippen LogP contribution in [0.1, 0.15) is 13.8 Å². The van der Waals surface area contributed by atoms with Gasteiger partial charge in [0.05, 0.1) is 0 Å². The molecule has 0 radical (unpaired) electrons. The summed E-state index contributed by atoms with van der Waals surface area (Å²) in [6, 6.07) is 0. The van der Waals surface area contributed by atoms with Crippen molar-refractivity contribution < 1.29 is 60.5 Å². The van der Waals surface area contributed by atoms with E-state index in [-0.39, 0.29) is 0 Å². The molecule has 2 N–H and O–H groups in total. The Labute approximate surface area is 112 Å². The minimum atomic E-state index is -5.08. The first-order chi connectivity index (χ1) is 9.01. The first-order valence-corrected chi connectivity index (χ1v) is 4.31. The first kappa shape index (κ1) is 23.7. The fraction of sp³-hybridized carbons (Fsp3) is 0.500. The third-order valence-corrected chi connectivity index (χ3v) is 0.772. The second kappa shape index (κ2) is 9.55.